The summed E-state index contributed by atoms with van der Waals surface area (Å²) in [5, 5.41) is 0. The zero-order chi connectivity index (χ0) is 12.8. The fraction of sp³-hybridized carbons (Fsp3) is 0.600. The lowest BCUT2D eigenvalue weighted by Gasteiger charge is -1.97. The van der Waals surface area contributed by atoms with Crippen molar-refractivity contribution in [3.63, 3.8) is 0 Å². The van der Waals surface area contributed by atoms with Gasteiger partial charge in [0.05, 0.1) is 6.16 Å². The summed E-state index contributed by atoms with van der Waals surface area (Å²) in [4.78, 5) is 5.65. The van der Waals surface area contributed by atoms with E-state index in [9.17, 15) is 0 Å². The van der Waals surface area contributed by atoms with E-state index in [-0.39, 0.29) is 7.92 Å². The van der Waals surface area contributed by atoms with E-state index in [0.717, 1.165) is 0 Å². The van der Waals surface area contributed by atoms with Gasteiger partial charge in [-0.3, -0.25) is 0 Å². The fourth-order valence-corrected chi connectivity index (χ4v) is 1.98. The molecule has 0 aromatic heterocycles. The van der Waals surface area contributed by atoms with E-state index in [1.165, 1.54) is 18.3 Å². The number of allylic oxidation sites excluding steroid dienone is 1. The molecular formula is C10H20N4P2. The maximum atomic E-state index is 8.01. The third kappa shape index (κ3) is 15.8. The molecule has 6 heteroatoms. The quantitative estimate of drug-likeness (QED) is 0.314. The second kappa shape index (κ2) is 14.4. The summed E-state index contributed by atoms with van der Waals surface area (Å²) in [5.74, 6) is 3.73. The second-order valence-corrected chi connectivity index (χ2v) is 7.58. The van der Waals surface area contributed by atoms with Crippen molar-refractivity contribution in [3.05, 3.63) is 23.0 Å². The van der Waals surface area contributed by atoms with Crippen LogP contribution in [0.5, 0.6) is 0 Å². The van der Waals surface area contributed by atoms with Crippen LogP contribution < -0.4 is 0 Å². The molecule has 0 fully saturated rings. The molecule has 0 bridgehead atoms. The molecule has 0 spiro atoms. The fourth-order valence-electron chi connectivity index (χ4n) is 0.660. The van der Waals surface area contributed by atoms with Crippen LogP contribution in [0.1, 0.15) is 13.8 Å². The molecule has 0 N–H and O–H groups in total. The Hall–Kier alpha value is -0.640. The normalized spacial score (nSPS) is 12.8. The van der Waals surface area contributed by atoms with Crippen LogP contribution >= 0.6 is 15.8 Å². The summed E-state index contributed by atoms with van der Waals surface area (Å²) >= 11 is 0. The van der Waals surface area contributed by atoms with Crippen LogP contribution in [0.25, 0.3) is 11.1 Å². The maximum Gasteiger partial charge on any atom is 0.276 e. The smallest absolute Gasteiger partial charge is 0.276 e. The first-order chi connectivity index (χ1) is 7.62. The van der Waals surface area contributed by atoms with Crippen LogP contribution in [0.15, 0.2) is 11.9 Å². The molecular weight excluding hydrogens is 238 g/mol. The molecule has 16 heavy (non-hydrogen) atoms. The Morgan fingerprint density at radius 1 is 1.12 bits per heavy atom. The summed E-state index contributed by atoms with van der Waals surface area (Å²) in [6.45, 7) is 8.51. The van der Waals surface area contributed by atoms with Gasteiger partial charge < -0.3 is 11.1 Å². The summed E-state index contributed by atoms with van der Waals surface area (Å²) in [6.07, 6.45) is 5.48. The van der Waals surface area contributed by atoms with Crippen molar-refractivity contribution < 1.29 is 9.58 Å². The molecule has 90 valence electrons. The molecule has 0 radical (unpaired) electrons. The number of hydrogen-bond acceptors (Lipinski definition) is 0. The molecule has 0 saturated heterocycles. The van der Waals surface area contributed by atoms with Gasteiger partial charge in [0, 0.05) is 7.92 Å². The predicted octanol–water partition coefficient (Wildman–Crippen LogP) is 3.31. The number of nitrogens with zero attached hydrogens (tertiary/aromatic N) is 4. The Balaban J connectivity index is 0. The Bertz CT molecular complexity index is 279. The van der Waals surface area contributed by atoms with E-state index in [2.05, 4.69) is 42.0 Å². The highest BCUT2D eigenvalue weighted by molar-refractivity contribution is 7.72. The summed E-state index contributed by atoms with van der Waals surface area (Å²) in [7, 11) is -0.197. The highest BCUT2D eigenvalue weighted by atomic mass is 31.1. The minimum Gasteiger partial charge on any atom is -0.362 e. The minimum atomic E-state index is -0.438. The SMILES string of the molecule is CC=CP(C)CC.CP(C=[N+]=[N-])CC=[N+]=[N-]. The first kappa shape index (κ1) is 17.7. The van der Waals surface area contributed by atoms with Gasteiger partial charge in [0.15, 0.2) is 0 Å². The van der Waals surface area contributed by atoms with E-state index in [4.69, 9.17) is 11.1 Å². The first-order valence-electron chi connectivity index (χ1n) is 4.99. The van der Waals surface area contributed by atoms with Gasteiger partial charge in [0.25, 0.3) is 12.2 Å². The summed E-state index contributed by atoms with van der Waals surface area (Å²) in [6, 6.07) is 0. The molecule has 0 aliphatic carbocycles. The summed E-state index contributed by atoms with van der Waals surface area (Å²) < 4.78 is 0. The van der Waals surface area contributed by atoms with E-state index in [0.29, 0.717) is 6.16 Å². The van der Waals surface area contributed by atoms with Gasteiger partial charge in [0.1, 0.15) is 0 Å². The first-order valence-corrected chi connectivity index (χ1v) is 9.07. The minimum absolute atomic E-state index is 0.241. The predicted molar refractivity (Wildman–Crippen MR) is 75.3 cm³/mol. The van der Waals surface area contributed by atoms with Gasteiger partial charge in [-0.25, -0.2) is 0 Å². The molecule has 0 amide bonds. The van der Waals surface area contributed by atoms with Crippen molar-refractivity contribution in [2.75, 3.05) is 25.7 Å². The van der Waals surface area contributed by atoms with Gasteiger partial charge in [-0.05, 0) is 26.4 Å². The van der Waals surface area contributed by atoms with Crippen molar-refractivity contribution >= 4 is 28.0 Å². The molecule has 0 aromatic carbocycles. The van der Waals surface area contributed by atoms with Crippen LogP contribution in [0, 0.1) is 0 Å². The highest BCUT2D eigenvalue weighted by Crippen LogP contribution is 2.30. The lowest BCUT2D eigenvalue weighted by Crippen LogP contribution is -1.85. The van der Waals surface area contributed by atoms with E-state index < -0.39 is 7.92 Å². The van der Waals surface area contributed by atoms with E-state index >= 15 is 0 Å². The van der Waals surface area contributed by atoms with Crippen LogP contribution in [0.4, 0.5) is 0 Å². The molecule has 2 atom stereocenters. The zero-order valence-corrected chi connectivity index (χ0v) is 12.2. The lowest BCUT2D eigenvalue weighted by molar-refractivity contribution is 0.00276. The lowest BCUT2D eigenvalue weighted by atomic mass is 10.8. The largest absolute Gasteiger partial charge is 0.362 e. The van der Waals surface area contributed by atoms with Gasteiger partial charge in [-0.2, -0.15) is 9.58 Å². The Kier molecular flexibility index (Phi) is 15.9. The van der Waals surface area contributed by atoms with Gasteiger partial charge in [-0.15, -0.1) is 0 Å². The topological polar surface area (TPSA) is 72.8 Å². The molecule has 0 heterocycles. The standard InChI is InChI=1S/C6H13P.C4H7N4P/c1-4-6-7(3)5-2;1-9(4-8-6)3-2-7-5/h4,6H,5H2,1-3H3;2,4H,3H2,1H3. The highest BCUT2D eigenvalue weighted by Gasteiger charge is 2.00. The van der Waals surface area contributed by atoms with E-state index in [1.807, 2.05) is 6.66 Å². The third-order valence-electron chi connectivity index (χ3n) is 1.60. The summed E-state index contributed by atoms with van der Waals surface area (Å²) in [5.41, 5.74) is 16.0. The Morgan fingerprint density at radius 3 is 2.06 bits per heavy atom. The molecule has 2 unspecified atom stereocenters. The Morgan fingerprint density at radius 2 is 1.75 bits per heavy atom. The van der Waals surface area contributed by atoms with Crippen molar-refractivity contribution in [2.24, 2.45) is 0 Å². The van der Waals surface area contributed by atoms with Gasteiger partial charge >= 0.3 is 0 Å². The molecule has 0 aliphatic rings. The number of hydrogen-bond donors (Lipinski definition) is 0. The van der Waals surface area contributed by atoms with Crippen molar-refractivity contribution in [3.8, 4) is 0 Å². The average Bonchev–Trinajstić information content (AvgIpc) is 2.28. The van der Waals surface area contributed by atoms with Crippen molar-refractivity contribution in [2.45, 2.75) is 13.8 Å². The van der Waals surface area contributed by atoms with Crippen molar-refractivity contribution in [1.82, 2.24) is 0 Å². The molecule has 0 aliphatic heterocycles. The third-order valence-corrected chi connectivity index (χ3v) is 4.64. The van der Waals surface area contributed by atoms with Gasteiger partial charge in [0.2, 0.25) is 0 Å². The van der Waals surface area contributed by atoms with Crippen molar-refractivity contribution in [1.29, 1.82) is 0 Å². The second-order valence-electron chi connectivity index (χ2n) is 3.02. The molecule has 0 rings (SSSR count). The Labute approximate surface area is 101 Å². The van der Waals surface area contributed by atoms with Crippen LogP contribution in [-0.4, -0.2) is 47.4 Å². The molecule has 4 nitrogen and oxygen atoms in total. The van der Waals surface area contributed by atoms with E-state index in [1.54, 1.807) is 0 Å². The van der Waals surface area contributed by atoms with Crippen LogP contribution in [0.2, 0.25) is 0 Å². The maximum absolute atomic E-state index is 8.01. The number of rotatable bonds is 5. The van der Waals surface area contributed by atoms with Crippen LogP contribution in [0.3, 0.4) is 0 Å². The van der Waals surface area contributed by atoms with Gasteiger partial charge in [-0.1, -0.05) is 26.7 Å². The average molecular weight is 258 g/mol. The zero-order valence-electron chi connectivity index (χ0n) is 10.4. The monoisotopic (exact) mass is 258 g/mol. The molecule has 0 saturated carbocycles. The molecule has 0 aromatic rings. The van der Waals surface area contributed by atoms with Crippen LogP contribution in [-0.2, 0) is 0 Å².